The molecule has 5 nitrogen and oxygen atoms in total. The first kappa shape index (κ1) is 26.8. The maximum Gasteiger partial charge on any atom is 0.174 e. The minimum atomic E-state index is -1.21. The van der Waals surface area contributed by atoms with E-state index in [1.807, 2.05) is 23.0 Å². The van der Waals surface area contributed by atoms with Crippen molar-refractivity contribution in [2.24, 2.45) is 5.41 Å². The molecule has 206 valence electrons. The van der Waals surface area contributed by atoms with Crippen LogP contribution in [0.4, 0.5) is 4.39 Å². The van der Waals surface area contributed by atoms with E-state index in [1.165, 1.54) is 48.1 Å². The monoisotopic (exact) mass is 546 g/mol. The molecule has 0 radical (unpaired) electrons. The molecule has 1 aliphatic carbocycles. The van der Waals surface area contributed by atoms with Crippen LogP contribution in [-0.2, 0) is 23.2 Å². The van der Waals surface area contributed by atoms with Crippen LogP contribution in [0.1, 0.15) is 63.3 Å². The summed E-state index contributed by atoms with van der Waals surface area (Å²) >= 11 is -1.21. The fraction of sp³-hybridized carbons (Fsp3) is 0.469. The van der Waals surface area contributed by atoms with E-state index >= 15 is 0 Å². The summed E-state index contributed by atoms with van der Waals surface area (Å²) in [7, 11) is 0. The van der Waals surface area contributed by atoms with Crippen molar-refractivity contribution in [2.45, 2.75) is 63.2 Å². The number of nitrogens with zero attached hydrogens (tertiary/aromatic N) is 4. The van der Waals surface area contributed by atoms with Crippen molar-refractivity contribution in [3.63, 3.8) is 0 Å². The summed E-state index contributed by atoms with van der Waals surface area (Å²) in [4.78, 5) is 3.50. The van der Waals surface area contributed by atoms with Gasteiger partial charge in [-0.05, 0) is 97.8 Å². The van der Waals surface area contributed by atoms with Gasteiger partial charge in [0.05, 0.1) is 35.5 Å². The maximum absolute atomic E-state index is 13.9. The van der Waals surface area contributed by atoms with Gasteiger partial charge in [-0.3, -0.25) is 0 Å². The highest BCUT2D eigenvalue weighted by molar-refractivity contribution is 7.89. The van der Waals surface area contributed by atoms with E-state index < -0.39 is 11.4 Å². The van der Waals surface area contributed by atoms with Gasteiger partial charge in [-0.2, -0.15) is 5.10 Å². The first-order valence-electron chi connectivity index (χ1n) is 14.3. The predicted octanol–water partition coefficient (Wildman–Crippen LogP) is 6.15. The van der Waals surface area contributed by atoms with Crippen molar-refractivity contribution in [3.05, 3.63) is 82.9 Å². The molecule has 3 aromatic rings. The molecule has 0 N–H and O–H groups in total. The lowest BCUT2D eigenvalue weighted by Gasteiger charge is -2.48. The number of hydrogen-bond donors (Lipinski definition) is 0. The molecule has 7 heteroatoms. The van der Waals surface area contributed by atoms with E-state index in [2.05, 4.69) is 48.2 Å². The highest BCUT2D eigenvalue weighted by atomic mass is 32.2. The van der Waals surface area contributed by atoms with Gasteiger partial charge in [0, 0.05) is 18.5 Å². The largest absolute Gasteiger partial charge is 0.593 e. The molecule has 3 aliphatic rings. The van der Waals surface area contributed by atoms with E-state index in [0.717, 1.165) is 61.8 Å². The average molecular weight is 547 g/mol. The van der Waals surface area contributed by atoms with Gasteiger partial charge in [-0.1, -0.05) is 44.9 Å². The van der Waals surface area contributed by atoms with E-state index in [-0.39, 0.29) is 16.6 Å². The smallest absolute Gasteiger partial charge is 0.174 e. The lowest BCUT2D eigenvalue weighted by Crippen LogP contribution is -2.54. The van der Waals surface area contributed by atoms with Gasteiger partial charge in [0.1, 0.15) is 5.82 Å². The van der Waals surface area contributed by atoms with E-state index in [1.54, 1.807) is 12.1 Å². The predicted molar refractivity (Wildman–Crippen MR) is 156 cm³/mol. The molecule has 0 amide bonds. The summed E-state index contributed by atoms with van der Waals surface area (Å²) in [5.74, 6) is -0.243. The molecule has 39 heavy (non-hydrogen) atoms. The zero-order chi connectivity index (χ0) is 27.2. The van der Waals surface area contributed by atoms with E-state index in [9.17, 15) is 8.94 Å². The topological polar surface area (TPSA) is 47.4 Å². The molecule has 0 spiro atoms. The number of hydrogen-bond acceptors (Lipinski definition) is 4. The van der Waals surface area contributed by atoms with Crippen LogP contribution in [-0.4, -0.2) is 56.3 Å². The third-order valence-electron chi connectivity index (χ3n) is 8.72. The Balaban J connectivity index is 1.31. The zero-order valence-electron chi connectivity index (χ0n) is 23.3. The second-order valence-electron chi connectivity index (χ2n) is 12.5. The van der Waals surface area contributed by atoms with Crippen molar-refractivity contribution >= 4 is 17.4 Å². The number of benzene rings is 2. The van der Waals surface area contributed by atoms with Gasteiger partial charge in [-0.15, -0.1) is 4.31 Å². The molecule has 6 rings (SSSR count). The third-order valence-corrected chi connectivity index (χ3v) is 10.2. The Morgan fingerprint density at radius 2 is 1.69 bits per heavy atom. The normalized spacial score (nSPS) is 23.2. The second kappa shape index (κ2) is 10.5. The molecular formula is C32H39FN4OS. The molecule has 2 aliphatic heterocycles. The Morgan fingerprint density at radius 1 is 0.974 bits per heavy atom. The van der Waals surface area contributed by atoms with E-state index in [4.69, 9.17) is 5.10 Å². The molecule has 2 fully saturated rings. The third kappa shape index (κ3) is 5.34. The van der Waals surface area contributed by atoms with Crippen LogP contribution in [0.25, 0.3) is 11.8 Å². The van der Waals surface area contributed by atoms with Crippen molar-refractivity contribution in [1.29, 1.82) is 0 Å². The van der Waals surface area contributed by atoms with Crippen LogP contribution in [0.2, 0.25) is 0 Å². The lowest BCUT2D eigenvalue weighted by atomic mass is 9.68. The van der Waals surface area contributed by atoms with Crippen LogP contribution in [0.3, 0.4) is 0 Å². The summed E-state index contributed by atoms with van der Waals surface area (Å²) in [6.07, 6.45) is 9.87. The minimum absolute atomic E-state index is 0.0709. The standard InChI is InChI=1S/C32H39FN4OS/c1-31(2,3)25-7-13-29(14-8-25)39(38)36-18-15-26-19-30-24(21-34-37(30)28-11-9-27(33)10-12-28)20-32(26,23-36)22-35-16-5-4-6-17-35/h7-14,19,21H,4-6,15-18,20,22-23H2,1-3H3/t32-,39?/m0/s1. The summed E-state index contributed by atoms with van der Waals surface area (Å²) in [5, 5.41) is 4.73. The minimum Gasteiger partial charge on any atom is -0.593 e. The van der Waals surface area contributed by atoms with Crippen molar-refractivity contribution in [3.8, 4) is 5.69 Å². The van der Waals surface area contributed by atoms with Gasteiger partial charge in [0.2, 0.25) is 0 Å². The van der Waals surface area contributed by atoms with Crippen molar-refractivity contribution in [2.75, 3.05) is 32.7 Å². The Hall–Kier alpha value is -2.45. The summed E-state index contributed by atoms with van der Waals surface area (Å²) in [5.41, 5.74) is 5.84. The molecule has 3 heterocycles. The first-order valence-corrected chi connectivity index (χ1v) is 15.4. The molecular weight excluding hydrogens is 507 g/mol. The van der Waals surface area contributed by atoms with Gasteiger partial charge >= 0.3 is 0 Å². The zero-order valence-corrected chi connectivity index (χ0v) is 24.1. The Morgan fingerprint density at radius 3 is 2.38 bits per heavy atom. The summed E-state index contributed by atoms with van der Waals surface area (Å²) < 4.78 is 31.6. The summed E-state index contributed by atoms with van der Waals surface area (Å²) in [6, 6.07) is 14.9. The lowest BCUT2D eigenvalue weighted by molar-refractivity contribution is 0.115. The Labute approximate surface area is 235 Å². The fourth-order valence-electron chi connectivity index (χ4n) is 6.54. The Bertz CT molecular complexity index is 1340. The molecule has 1 aromatic heterocycles. The van der Waals surface area contributed by atoms with Crippen molar-refractivity contribution < 1.29 is 8.94 Å². The SMILES string of the molecule is CC(C)(C)c1ccc([S+]([O-])N2CCC3=Cc4c(cnn4-c4ccc(F)cc4)C[C@]3(CN3CCCCC3)C2)cc1. The number of fused-ring (bicyclic) bond motifs is 2. The highest BCUT2D eigenvalue weighted by Gasteiger charge is 2.47. The molecule has 0 saturated carbocycles. The number of rotatable bonds is 5. The van der Waals surface area contributed by atoms with Gasteiger partial charge in [0.25, 0.3) is 0 Å². The van der Waals surface area contributed by atoms with Crippen LogP contribution in [0, 0.1) is 11.2 Å². The van der Waals surface area contributed by atoms with Gasteiger partial charge < -0.3 is 9.45 Å². The van der Waals surface area contributed by atoms with Crippen LogP contribution >= 0.6 is 0 Å². The molecule has 0 bridgehead atoms. The molecule has 2 saturated heterocycles. The maximum atomic E-state index is 13.9. The Kier molecular flexibility index (Phi) is 7.21. The number of aromatic nitrogens is 2. The van der Waals surface area contributed by atoms with E-state index in [0.29, 0.717) is 0 Å². The van der Waals surface area contributed by atoms with Crippen LogP contribution in [0.15, 0.2) is 65.2 Å². The molecule has 2 atom stereocenters. The summed E-state index contributed by atoms with van der Waals surface area (Å²) in [6.45, 7) is 11.4. The number of piperidine rings is 2. The average Bonchev–Trinajstić information content (AvgIpc) is 3.33. The van der Waals surface area contributed by atoms with Gasteiger partial charge in [0.15, 0.2) is 4.90 Å². The van der Waals surface area contributed by atoms with Crippen molar-refractivity contribution in [1.82, 2.24) is 19.0 Å². The van der Waals surface area contributed by atoms with Crippen LogP contribution in [0.5, 0.6) is 0 Å². The second-order valence-corrected chi connectivity index (χ2v) is 14.0. The molecule has 1 unspecified atom stereocenters. The highest BCUT2D eigenvalue weighted by Crippen LogP contribution is 2.46. The number of likely N-dealkylation sites (tertiary alicyclic amines) is 1. The number of halogens is 1. The first-order chi connectivity index (χ1) is 18.7. The van der Waals surface area contributed by atoms with Crippen LogP contribution < -0.4 is 0 Å². The quantitative estimate of drug-likeness (QED) is 0.360. The van der Waals surface area contributed by atoms with Gasteiger partial charge in [-0.25, -0.2) is 9.07 Å². The molecule has 2 aromatic carbocycles. The fourth-order valence-corrected chi connectivity index (χ4v) is 7.83.